The predicted octanol–water partition coefficient (Wildman–Crippen LogP) is 1.14. The Morgan fingerprint density at radius 2 is 1.71 bits per heavy atom. The molecule has 0 aromatic heterocycles. The molecule has 1 saturated heterocycles. The highest BCUT2D eigenvalue weighted by atomic mass is 16.5. The van der Waals surface area contributed by atoms with E-state index in [4.69, 9.17) is 4.74 Å². The molecule has 3 rings (SSSR count). The van der Waals surface area contributed by atoms with Crippen LogP contribution < -0.4 is 14.5 Å². The van der Waals surface area contributed by atoms with Crippen LogP contribution in [0.4, 0.5) is 5.69 Å². The van der Waals surface area contributed by atoms with E-state index in [0.29, 0.717) is 6.61 Å². The van der Waals surface area contributed by atoms with Gasteiger partial charge in [0.05, 0.1) is 26.2 Å². The average Bonchev–Trinajstić information content (AvgIpc) is 2.63. The van der Waals surface area contributed by atoms with Crippen LogP contribution in [-0.2, 0) is 0 Å². The summed E-state index contributed by atoms with van der Waals surface area (Å²) < 4.78 is 5.68. The number of aliphatic hydroxyl groups excluding tert-OH is 1. The lowest BCUT2D eigenvalue weighted by molar-refractivity contribution is -0.903. The number of rotatable bonds is 6. The van der Waals surface area contributed by atoms with E-state index in [2.05, 4.69) is 42.2 Å². The van der Waals surface area contributed by atoms with Gasteiger partial charge in [0.1, 0.15) is 25.0 Å². The van der Waals surface area contributed by atoms with Crippen molar-refractivity contribution in [3.05, 3.63) is 60.2 Å². The summed E-state index contributed by atoms with van der Waals surface area (Å²) in [5.41, 5.74) is 2.50. The molecule has 128 valence electrons. The largest absolute Gasteiger partial charge is 0.491 e. The molecule has 0 unspecified atom stereocenters. The molecule has 4 nitrogen and oxygen atoms in total. The van der Waals surface area contributed by atoms with Gasteiger partial charge in [-0.25, -0.2) is 0 Å². The van der Waals surface area contributed by atoms with Crippen molar-refractivity contribution in [1.82, 2.24) is 0 Å². The second-order valence-corrected chi connectivity index (χ2v) is 6.55. The molecule has 4 heteroatoms. The average molecular weight is 327 g/mol. The van der Waals surface area contributed by atoms with Crippen molar-refractivity contribution in [3.63, 3.8) is 0 Å². The molecule has 0 spiro atoms. The van der Waals surface area contributed by atoms with Gasteiger partial charge in [-0.15, -0.1) is 0 Å². The highest BCUT2D eigenvalue weighted by Gasteiger charge is 2.22. The molecule has 2 N–H and O–H groups in total. The maximum absolute atomic E-state index is 10.2. The van der Waals surface area contributed by atoms with Gasteiger partial charge >= 0.3 is 0 Å². The summed E-state index contributed by atoms with van der Waals surface area (Å²) in [5.74, 6) is 0.823. The van der Waals surface area contributed by atoms with Crippen LogP contribution in [0.25, 0.3) is 0 Å². The van der Waals surface area contributed by atoms with E-state index in [1.165, 1.54) is 16.2 Å². The topological polar surface area (TPSA) is 37.1 Å². The van der Waals surface area contributed by atoms with Crippen LogP contribution in [0.1, 0.15) is 5.56 Å². The zero-order chi connectivity index (χ0) is 16.8. The number of aliphatic hydroxyl groups is 1. The summed E-state index contributed by atoms with van der Waals surface area (Å²) in [6.45, 7) is 7.32. The Hall–Kier alpha value is -2.04. The lowest BCUT2D eigenvalue weighted by Crippen LogP contribution is -3.16. The molecular formula is C20H27N2O2+. The summed E-state index contributed by atoms with van der Waals surface area (Å²) in [4.78, 5) is 3.86. The smallest absolute Gasteiger partial charge is 0.137 e. The number of quaternary nitrogens is 1. The molecule has 0 amide bonds. The van der Waals surface area contributed by atoms with Crippen LogP contribution in [0.15, 0.2) is 54.6 Å². The molecule has 1 fully saturated rings. The summed E-state index contributed by atoms with van der Waals surface area (Å²) in [5, 5.41) is 10.2. The fourth-order valence-electron chi connectivity index (χ4n) is 3.14. The number of para-hydroxylation sites is 1. The van der Waals surface area contributed by atoms with E-state index in [0.717, 1.165) is 38.5 Å². The van der Waals surface area contributed by atoms with Gasteiger partial charge in [0.2, 0.25) is 0 Å². The van der Waals surface area contributed by atoms with Gasteiger partial charge in [0.15, 0.2) is 0 Å². The van der Waals surface area contributed by atoms with Crippen molar-refractivity contribution in [2.45, 2.75) is 13.0 Å². The van der Waals surface area contributed by atoms with E-state index in [-0.39, 0.29) is 0 Å². The van der Waals surface area contributed by atoms with Gasteiger partial charge in [-0.2, -0.15) is 0 Å². The molecule has 0 aliphatic carbocycles. The molecular weight excluding hydrogens is 300 g/mol. The number of nitrogens with zero attached hydrogens (tertiary/aromatic N) is 1. The molecule has 0 bridgehead atoms. The van der Waals surface area contributed by atoms with Gasteiger partial charge in [-0.05, 0) is 31.2 Å². The normalized spacial score (nSPS) is 16.8. The third kappa shape index (κ3) is 4.73. The molecule has 0 saturated carbocycles. The van der Waals surface area contributed by atoms with Crippen molar-refractivity contribution >= 4 is 5.69 Å². The van der Waals surface area contributed by atoms with Crippen molar-refractivity contribution in [2.24, 2.45) is 0 Å². The Balaban J connectivity index is 1.40. The first-order chi connectivity index (χ1) is 11.7. The van der Waals surface area contributed by atoms with E-state index in [1.54, 1.807) is 0 Å². The van der Waals surface area contributed by atoms with Crippen molar-refractivity contribution in [3.8, 4) is 5.75 Å². The molecule has 0 radical (unpaired) electrons. The number of hydrogen-bond acceptors (Lipinski definition) is 3. The van der Waals surface area contributed by atoms with Crippen LogP contribution in [0.3, 0.4) is 0 Å². The first-order valence-electron chi connectivity index (χ1n) is 8.72. The first kappa shape index (κ1) is 16.8. The summed E-state index contributed by atoms with van der Waals surface area (Å²) >= 11 is 0. The Labute approximate surface area is 144 Å². The number of nitrogens with one attached hydrogen (secondary N) is 1. The minimum absolute atomic E-state index is 0.356. The number of aryl methyl sites for hydroxylation is 1. The second-order valence-electron chi connectivity index (χ2n) is 6.55. The highest BCUT2D eigenvalue weighted by Crippen LogP contribution is 2.13. The maximum atomic E-state index is 10.2. The number of anilines is 1. The van der Waals surface area contributed by atoms with Crippen LogP contribution >= 0.6 is 0 Å². The van der Waals surface area contributed by atoms with E-state index in [1.807, 2.05) is 24.3 Å². The third-order valence-corrected chi connectivity index (χ3v) is 4.58. The monoisotopic (exact) mass is 327 g/mol. The fourth-order valence-corrected chi connectivity index (χ4v) is 3.14. The molecule has 24 heavy (non-hydrogen) atoms. The molecule has 1 atom stereocenters. The van der Waals surface area contributed by atoms with Gasteiger partial charge in [-0.3, -0.25) is 0 Å². The quantitative estimate of drug-likeness (QED) is 0.835. The summed E-state index contributed by atoms with van der Waals surface area (Å²) in [6.07, 6.45) is -0.426. The molecule has 1 heterocycles. The highest BCUT2D eigenvalue weighted by molar-refractivity contribution is 5.46. The number of hydrogen-bond donors (Lipinski definition) is 2. The maximum Gasteiger partial charge on any atom is 0.137 e. The molecule has 2 aromatic rings. The number of ether oxygens (including phenoxy) is 1. The SMILES string of the molecule is Cc1ccc(OC[C@@H](O)C[NH+]2CCN(c3ccccc3)CC2)cc1. The van der Waals surface area contributed by atoms with Crippen molar-refractivity contribution < 1.29 is 14.7 Å². The standard InChI is InChI=1S/C20H26N2O2/c1-17-7-9-20(10-8-17)24-16-19(23)15-21-11-13-22(14-12-21)18-5-3-2-4-6-18/h2-10,19,23H,11-16H2,1H3/p+1/t19-/m0/s1. The van der Waals surface area contributed by atoms with Gasteiger partial charge < -0.3 is 19.6 Å². The van der Waals surface area contributed by atoms with Gasteiger partial charge in [0, 0.05) is 5.69 Å². The first-order valence-corrected chi connectivity index (χ1v) is 8.72. The van der Waals surface area contributed by atoms with Crippen LogP contribution in [-0.4, -0.2) is 50.5 Å². The van der Waals surface area contributed by atoms with Crippen LogP contribution in [0.5, 0.6) is 5.75 Å². The Morgan fingerprint density at radius 3 is 2.38 bits per heavy atom. The third-order valence-electron chi connectivity index (χ3n) is 4.58. The summed E-state index contributed by atoms with van der Waals surface area (Å²) in [6, 6.07) is 18.5. The van der Waals surface area contributed by atoms with Gasteiger partial charge in [0.25, 0.3) is 0 Å². The van der Waals surface area contributed by atoms with Crippen LogP contribution in [0.2, 0.25) is 0 Å². The zero-order valence-electron chi connectivity index (χ0n) is 14.3. The van der Waals surface area contributed by atoms with E-state index >= 15 is 0 Å². The van der Waals surface area contributed by atoms with Crippen molar-refractivity contribution in [1.29, 1.82) is 0 Å². The van der Waals surface area contributed by atoms with Crippen LogP contribution in [0, 0.1) is 6.92 Å². The van der Waals surface area contributed by atoms with E-state index < -0.39 is 6.10 Å². The fraction of sp³-hybridized carbons (Fsp3) is 0.400. The lowest BCUT2D eigenvalue weighted by atomic mass is 10.2. The minimum Gasteiger partial charge on any atom is -0.491 e. The molecule has 1 aliphatic heterocycles. The summed E-state index contributed by atoms with van der Waals surface area (Å²) in [7, 11) is 0. The van der Waals surface area contributed by atoms with Crippen molar-refractivity contribution in [2.75, 3.05) is 44.2 Å². The molecule has 1 aliphatic rings. The van der Waals surface area contributed by atoms with Gasteiger partial charge in [-0.1, -0.05) is 35.9 Å². The van der Waals surface area contributed by atoms with E-state index in [9.17, 15) is 5.11 Å². The lowest BCUT2D eigenvalue weighted by Gasteiger charge is -2.34. The predicted molar refractivity (Wildman–Crippen MR) is 96.9 cm³/mol. The Kier molecular flexibility index (Phi) is 5.72. The Morgan fingerprint density at radius 1 is 1.04 bits per heavy atom. The number of piperazine rings is 1. The molecule has 2 aromatic carbocycles. The second kappa shape index (κ2) is 8.18. The Bertz CT molecular complexity index is 607. The zero-order valence-corrected chi connectivity index (χ0v) is 14.3. The minimum atomic E-state index is -0.426. The number of benzene rings is 2.